The number of hydrogen-bond acceptors (Lipinski definition) is 5. The van der Waals surface area contributed by atoms with Crippen molar-refractivity contribution >= 4 is 52.3 Å². The highest BCUT2D eigenvalue weighted by Crippen LogP contribution is 2.40. The fourth-order valence-corrected chi connectivity index (χ4v) is 4.85. The third-order valence-corrected chi connectivity index (χ3v) is 6.26. The summed E-state index contributed by atoms with van der Waals surface area (Å²) in [7, 11) is 0. The molecular formula is C18H13Cl3N4OS. The molecule has 0 fully saturated rings. The summed E-state index contributed by atoms with van der Waals surface area (Å²) in [5.74, 6) is 0.589. The number of hydrogen-bond donors (Lipinski definition) is 1. The van der Waals surface area contributed by atoms with Crippen molar-refractivity contribution in [2.45, 2.75) is 23.4 Å². The third-order valence-electron chi connectivity index (χ3n) is 4.26. The van der Waals surface area contributed by atoms with Crippen LogP contribution >= 0.6 is 46.6 Å². The Morgan fingerprint density at radius 1 is 1.11 bits per heavy atom. The molecule has 2 unspecified atom stereocenters. The van der Waals surface area contributed by atoms with Crippen molar-refractivity contribution in [3.63, 3.8) is 0 Å². The van der Waals surface area contributed by atoms with E-state index in [1.165, 1.54) is 11.8 Å². The van der Waals surface area contributed by atoms with Crippen LogP contribution in [-0.4, -0.2) is 25.9 Å². The summed E-state index contributed by atoms with van der Waals surface area (Å²) in [6.45, 7) is 1.84. The van der Waals surface area contributed by atoms with Crippen LogP contribution in [0.3, 0.4) is 0 Å². The Morgan fingerprint density at radius 3 is 2.63 bits per heavy atom. The number of fused-ring (bicyclic) bond motifs is 1. The predicted octanol–water partition coefficient (Wildman–Crippen LogP) is 5.19. The lowest BCUT2D eigenvalue weighted by Crippen LogP contribution is -2.39. The molecule has 2 heterocycles. The Morgan fingerprint density at radius 2 is 1.89 bits per heavy atom. The van der Waals surface area contributed by atoms with E-state index >= 15 is 0 Å². The first-order valence-electron chi connectivity index (χ1n) is 8.04. The highest BCUT2D eigenvalue weighted by Gasteiger charge is 2.38. The minimum atomic E-state index is -0.502. The number of benzene rings is 2. The average molecular weight is 440 g/mol. The summed E-state index contributed by atoms with van der Waals surface area (Å²) in [6, 6.07) is 12.0. The molecule has 3 aromatic rings. The van der Waals surface area contributed by atoms with E-state index in [1.807, 2.05) is 25.1 Å². The second-order valence-corrected chi connectivity index (χ2v) is 8.44. The second-order valence-electron chi connectivity index (χ2n) is 6.05. The minimum absolute atomic E-state index is 0.119. The fraction of sp³-hybridized carbons (Fsp3) is 0.167. The molecule has 0 radical (unpaired) electrons. The molecule has 2 atom stereocenters. The highest BCUT2D eigenvalue weighted by molar-refractivity contribution is 8.00. The maximum Gasteiger partial charge on any atom is 0.210 e. The fourth-order valence-electron chi connectivity index (χ4n) is 2.95. The summed E-state index contributed by atoms with van der Waals surface area (Å²) in [5.41, 5.74) is 4.64. The van der Waals surface area contributed by atoms with Crippen LogP contribution in [0.4, 0.5) is 0 Å². The van der Waals surface area contributed by atoms with Gasteiger partial charge >= 0.3 is 0 Å². The van der Waals surface area contributed by atoms with Gasteiger partial charge in [-0.2, -0.15) is 0 Å². The van der Waals surface area contributed by atoms with Gasteiger partial charge in [0.25, 0.3) is 0 Å². The Balaban J connectivity index is 1.78. The molecule has 0 amide bonds. The van der Waals surface area contributed by atoms with E-state index in [0.717, 1.165) is 5.56 Å². The first kappa shape index (κ1) is 18.6. The maximum atomic E-state index is 13.3. The lowest BCUT2D eigenvalue weighted by molar-refractivity contribution is 0.0980. The molecular weight excluding hydrogens is 427 g/mol. The van der Waals surface area contributed by atoms with Crippen LogP contribution in [0.1, 0.15) is 27.8 Å². The molecule has 4 rings (SSSR count). The normalized spacial score (nSPS) is 18.7. The van der Waals surface area contributed by atoms with Crippen LogP contribution in [0.5, 0.6) is 0 Å². The topological polar surface area (TPSA) is 59.8 Å². The zero-order chi connectivity index (χ0) is 19.1. The van der Waals surface area contributed by atoms with Crippen LogP contribution in [0, 0.1) is 6.92 Å². The molecule has 5 nitrogen and oxygen atoms in total. The van der Waals surface area contributed by atoms with Gasteiger partial charge in [-0.25, -0.2) is 4.68 Å². The largest absolute Gasteiger partial charge is 0.313 e. The van der Waals surface area contributed by atoms with Crippen LogP contribution in [0.25, 0.3) is 0 Å². The number of halogens is 3. The van der Waals surface area contributed by atoms with Gasteiger partial charge in [-0.1, -0.05) is 58.7 Å². The van der Waals surface area contributed by atoms with E-state index < -0.39 is 5.25 Å². The van der Waals surface area contributed by atoms with Crippen molar-refractivity contribution in [2.75, 3.05) is 5.43 Å². The van der Waals surface area contributed by atoms with Gasteiger partial charge < -0.3 is 5.43 Å². The number of Topliss-reactive ketones (excluding diaryl/α,β-unsaturated/α-hetero) is 1. The lowest BCUT2D eigenvalue weighted by Gasteiger charge is -2.33. The van der Waals surface area contributed by atoms with Crippen LogP contribution in [0.15, 0.2) is 47.6 Å². The number of carbonyl (C=O) groups is 1. The number of rotatable bonds is 3. The van der Waals surface area contributed by atoms with Gasteiger partial charge in [0.15, 0.2) is 5.78 Å². The number of aryl methyl sites for hydroxylation is 1. The zero-order valence-corrected chi connectivity index (χ0v) is 17.1. The van der Waals surface area contributed by atoms with Crippen LogP contribution in [-0.2, 0) is 0 Å². The number of carbonyl (C=O) groups excluding carboxylic acids is 1. The van der Waals surface area contributed by atoms with E-state index in [4.69, 9.17) is 34.8 Å². The molecule has 0 spiro atoms. The van der Waals surface area contributed by atoms with Crippen molar-refractivity contribution in [1.29, 1.82) is 0 Å². The number of nitrogens with zero attached hydrogens (tertiary/aromatic N) is 3. The first-order chi connectivity index (χ1) is 12.9. The van der Waals surface area contributed by atoms with Gasteiger partial charge in [0.2, 0.25) is 5.16 Å². The van der Waals surface area contributed by atoms with Gasteiger partial charge in [0.1, 0.15) is 11.1 Å². The number of aromatic nitrogens is 3. The van der Waals surface area contributed by atoms with Gasteiger partial charge in [-0.15, -0.1) is 10.2 Å². The quantitative estimate of drug-likeness (QED) is 0.569. The van der Waals surface area contributed by atoms with Crippen molar-refractivity contribution in [3.8, 4) is 0 Å². The number of ketones is 1. The Kier molecular flexibility index (Phi) is 5.07. The van der Waals surface area contributed by atoms with Gasteiger partial charge in [-0.3, -0.25) is 4.79 Å². The van der Waals surface area contributed by atoms with Crippen LogP contribution in [0.2, 0.25) is 15.1 Å². The third kappa shape index (κ3) is 3.55. The smallest absolute Gasteiger partial charge is 0.210 e. The average Bonchev–Trinajstić information content (AvgIpc) is 3.00. The SMILES string of the molecule is Cc1nnc2n1NC(c1cccc(Cl)c1)C(C(=O)c1ccc(Cl)cc1Cl)S2. The summed E-state index contributed by atoms with van der Waals surface area (Å²) in [4.78, 5) is 13.3. The molecule has 1 aliphatic heterocycles. The minimum Gasteiger partial charge on any atom is -0.313 e. The van der Waals surface area contributed by atoms with E-state index in [9.17, 15) is 4.79 Å². The summed E-state index contributed by atoms with van der Waals surface area (Å²) >= 11 is 19.8. The molecule has 0 saturated heterocycles. The molecule has 138 valence electrons. The zero-order valence-electron chi connectivity index (χ0n) is 14.0. The van der Waals surface area contributed by atoms with E-state index in [-0.39, 0.29) is 11.8 Å². The predicted molar refractivity (Wildman–Crippen MR) is 109 cm³/mol. The number of nitrogens with one attached hydrogen (secondary N) is 1. The molecule has 2 aromatic carbocycles. The van der Waals surface area contributed by atoms with Crippen molar-refractivity contribution in [1.82, 2.24) is 14.9 Å². The maximum absolute atomic E-state index is 13.3. The molecule has 1 aliphatic rings. The van der Waals surface area contributed by atoms with Gasteiger partial charge in [0, 0.05) is 15.6 Å². The first-order valence-corrected chi connectivity index (χ1v) is 10.1. The van der Waals surface area contributed by atoms with Gasteiger partial charge in [0.05, 0.1) is 11.1 Å². The lowest BCUT2D eigenvalue weighted by atomic mass is 9.97. The Hall–Kier alpha value is -1.73. The monoisotopic (exact) mass is 438 g/mol. The molecule has 0 aliphatic carbocycles. The standard InChI is InChI=1S/C18H13Cl3N4OS/c1-9-22-23-18-25(9)24-15(10-3-2-4-11(19)7-10)17(27-18)16(26)13-6-5-12(20)8-14(13)21/h2-8,15,17,24H,1H3. The van der Waals surface area contributed by atoms with E-state index in [1.54, 1.807) is 28.9 Å². The molecule has 1 N–H and O–H groups in total. The summed E-state index contributed by atoms with van der Waals surface area (Å²) in [5, 5.41) is 9.75. The molecule has 27 heavy (non-hydrogen) atoms. The Bertz CT molecular complexity index is 1040. The molecule has 9 heteroatoms. The van der Waals surface area contributed by atoms with Gasteiger partial charge in [-0.05, 0) is 42.8 Å². The van der Waals surface area contributed by atoms with Crippen molar-refractivity contribution in [3.05, 3.63) is 74.5 Å². The highest BCUT2D eigenvalue weighted by atomic mass is 35.5. The summed E-state index contributed by atoms with van der Waals surface area (Å²) in [6.07, 6.45) is 0. The van der Waals surface area contributed by atoms with E-state index in [2.05, 4.69) is 15.6 Å². The van der Waals surface area contributed by atoms with Crippen LogP contribution < -0.4 is 5.43 Å². The second kappa shape index (κ2) is 7.36. The number of thioether (sulfide) groups is 1. The molecule has 0 bridgehead atoms. The molecule has 0 saturated carbocycles. The van der Waals surface area contributed by atoms with Crippen molar-refractivity contribution < 1.29 is 4.79 Å². The molecule has 1 aromatic heterocycles. The van der Waals surface area contributed by atoms with Crippen molar-refractivity contribution in [2.24, 2.45) is 0 Å². The summed E-state index contributed by atoms with van der Waals surface area (Å²) < 4.78 is 1.78. The Labute approximate surface area is 175 Å². The van der Waals surface area contributed by atoms with E-state index in [0.29, 0.717) is 31.6 Å².